The zero-order chi connectivity index (χ0) is 39.0. The van der Waals surface area contributed by atoms with E-state index in [4.69, 9.17) is 9.47 Å². The van der Waals surface area contributed by atoms with Crippen LogP contribution in [0, 0.1) is 17.8 Å². The summed E-state index contributed by atoms with van der Waals surface area (Å²) in [6.07, 6.45) is 35.2. The summed E-state index contributed by atoms with van der Waals surface area (Å²) in [4.78, 5) is 27.0. The molecule has 0 aliphatic carbocycles. The minimum Gasteiger partial charge on any atom is -0.466 e. The summed E-state index contributed by atoms with van der Waals surface area (Å²) in [5.74, 6) is 1.34. The Labute approximate surface area is 329 Å². The van der Waals surface area contributed by atoms with Crippen molar-refractivity contribution in [1.29, 1.82) is 0 Å². The zero-order valence-corrected chi connectivity index (χ0v) is 35.9. The van der Waals surface area contributed by atoms with Gasteiger partial charge in [0.25, 0.3) is 0 Å². The summed E-state index contributed by atoms with van der Waals surface area (Å²) in [7, 11) is 0. The number of allylic oxidation sites excluding steroid dienone is 1. The van der Waals surface area contributed by atoms with E-state index in [1.165, 1.54) is 135 Å². The lowest BCUT2D eigenvalue weighted by molar-refractivity contribution is -0.145. The molecule has 3 atom stereocenters. The second-order valence-electron chi connectivity index (χ2n) is 15.9. The Bertz CT molecular complexity index is 955. The molecule has 3 unspecified atom stereocenters. The van der Waals surface area contributed by atoms with Crippen LogP contribution in [0.25, 0.3) is 0 Å². The molecular formula is C48H87NO4. The lowest BCUT2D eigenvalue weighted by Gasteiger charge is -2.25. The van der Waals surface area contributed by atoms with Gasteiger partial charge in [-0.25, -0.2) is 0 Å². The Morgan fingerprint density at radius 1 is 0.585 bits per heavy atom. The molecule has 308 valence electrons. The number of nitrogens with zero attached hydrogens (tertiary/aromatic N) is 1. The fraction of sp³-hybridized carbons (Fsp3) is 0.854. The number of rotatable bonds is 39. The van der Waals surface area contributed by atoms with Crippen LogP contribution in [0.3, 0.4) is 0 Å². The van der Waals surface area contributed by atoms with Crippen molar-refractivity contribution in [2.45, 2.75) is 214 Å². The molecule has 0 saturated carbocycles. The predicted octanol–water partition coefficient (Wildman–Crippen LogP) is 13.9. The SMILES string of the molecule is C=C=C=C=CC(CCCCC)CC(=O)OCCCCCCCCCCC(CCCCCCCCCCOC(=O)CC(C)CCCCC)CN(CC)CC. The standard InChI is InChI=1S/C48H87NO4/c1-7-12-27-34-44(6)41-47(50)52-39-32-25-21-17-15-19-23-30-37-46(43-49(10-4)11-5)38-31-24-20-16-18-22-26-33-40-53-48(51)42-45(35-28-13-8-2)36-29-14-9-3/h35,44-46H,2,7,9-12,14-27,29-34,36-43H2,1,3-6H3. The largest absolute Gasteiger partial charge is 0.466 e. The Hall–Kier alpha value is -2.02. The molecule has 0 aliphatic rings. The molecule has 0 N–H and O–H groups in total. The van der Waals surface area contributed by atoms with Crippen molar-refractivity contribution in [3.63, 3.8) is 0 Å². The summed E-state index contributed by atoms with van der Waals surface area (Å²) in [5.41, 5.74) is 8.29. The fourth-order valence-electron chi connectivity index (χ4n) is 7.31. The van der Waals surface area contributed by atoms with Gasteiger partial charge in [0.1, 0.15) is 0 Å². The molecule has 0 aromatic carbocycles. The molecule has 0 radical (unpaired) electrons. The van der Waals surface area contributed by atoms with E-state index in [1.54, 1.807) is 0 Å². The summed E-state index contributed by atoms with van der Waals surface area (Å²) in [6.45, 7) is 19.4. The molecule has 0 fully saturated rings. The van der Waals surface area contributed by atoms with Crippen molar-refractivity contribution in [3.05, 3.63) is 29.8 Å². The lowest BCUT2D eigenvalue weighted by atomic mass is 9.93. The number of hydrogen-bond donors (Lipinski definition) is 0. The highest BCUT2D eigenvalue weighted by molar-refractivity contribution is 5.70. The fourth-order valence-corrected chi connectivity index (χ4v) is 7.31. The molecule has 0 aliphatic heterocycles. The smallest absolute Gasteiger partial charge is 0.306 e. The van der Waals surface area contributed by atoms with E-state index in [2.05, 4.69) is 63.3 Å². The summed E-state index contributed by atoms with van der Waals surface area (Å²) in [6, 6.07) is 0. The number of unbranched alkanes of at least 4 members (excludes halogenated alkanes) is 18. The lowest BCUT2D eigenvalue weighted by Crippen LogP contribution is -2.29. The molecule has 5 heteroatoms. The molecule has 0 aromatic heterocycles. The molecule has 0 heterocycles. The maximum Gasteiger partial charge on any atom is 0.306 e. The van der Waals surface area contributed by atoms with Crippen molar-refractivity contribution in [3.8, 4) is 0 Å². The van der Waals surface area contributed by atoms with E-state index in [0.717, 1.165) is 57.5 Å². The Balaban J connectivity index is 3.97. The Kier molecular flexibility index (Phi) is 38.2. The molecule has 0 spiro atoms. The van der Waals surface area contributed by atoms with Gasteiger partial charge >= 0.3 is 11.9 Å². The van der Waals surface area contributed by atoms with Crippen molar-refractivity contribution in [1.82, 2.24) is 4.90 Å². The van der Waals surface area contributed by atoms with Gasteiger partial charge in [-0.3, -0.25) is 9.59 Å². The van der Waals surface area contributed by atoms with E-state index in [0.29, 0.717) is 32.0 Å². The van der Waals surface area contributed by atoms with Crippen LogP contribution in [0.5, 0.6) is 0 Å². The number of esters is 2. The summed E-state index contributed by atoms with van der Waals surface area (Å²) >= 11 is 0. The van der Waals surface area contributed by atoms with Gasteiger partial charge in [-0.1, -0.05) is 181 Å². The monoisotopic (exact) mass is 742 g/mol. The molecule has 0 amide bonds. The van der Waals surface area contributed by atoms with Crippen molar-refractivity contribution >= 4 is 11.9 Å². The summed E-state index contributed by atoms with van der Waals surface area (Å²) < 4.78 is 11.0. The number of carbonyl (C=O) groups excluding carboxylic acids is 2. The second-order valence-corrected chi connectivity index (χ2v) is 15.9. The van der Waals surface area contributed by atoms with Gasteiger partial charge in [0, 0.05) is 13.0 Å². The number of hydrogen-bond acceptors (Lipinski definition) is 5. The van der Waals surface area contributed by atoms with Gasteiger partial charge in [-0.2, -0.15) is 0 Å². The maximum absolute atomic E-state index is 12.4. The van der Waals surface area contributed by atoms with Crippen LogP contribution in [0.4, 0.5) is 0 Å². The maximum atomic E-state index is 12.4. The molecule has 0 aromatic rings. The van der Waals surface area contributed by atoms with Gasteiger partial charge in [-0.05, 0) is 81.3 Å². The van der Waals surface area contributed by atoms with E-state index in [9.17, 15) is 9.59 Å². The van der Waals surface area contributed by atoms with Crippen LogP contribution in [0.1, 0.15) is 214 Å². The van der Waals surface area contributed by atoms with Gasteiger partial charge in [0.05, 0.1) is 19.6 Å². The highest BCUT2D eigenvalue weighted by atomic mass is 16.5. The first-order valence-electron chi connectivity index (χ1n) is 22.8. The first-order valence-corrected chi connectivity index (χ1v) is 22.8. The van der Waals surface area contributed by atoms with Gasteiger partial charge in [0.2, 0.25) is 0 Å². The average Bonchev–Trinajstić information content (AvgIpc) is 3.14. The highest BCUT2D eigenvalue weighted by Gasteiger charge is 2.14. The Morgan fingerprint density at radius 2 is 1.02 bits per heavy atom. The van der Waals surface area contributed by atoms with E-state index >= 15 is 0 Å². The number of carbonyl (C=O) groups is 2. The van der Waals surface area contributed by atoms with Crippen LogP contribution >= 0.6 is 0 Å². The minimum atomic E-state index is -0.0938. The van der Waals surface area contributed by atoms with Crippen molar-refractivity contribution in [2.75, 3.05) is 32.8 Å². The van der Waals surface area contributed by atoms with E-state index < -0.39 is 0 Å². The highest BCUT2D eigenvalue weighted by Crippen LogP contribution is 2.22. The first-order chi connectivity index (χ1) is 25.9. The quantitative estimate of drug-likeness (QED) is 0.0357. The minimum absolute atomic E-state index is 0.00358. The normalized spacial score (nSPS) is 12.8. The second kappa shape index (κ2) is 39.7. The topological polar surface area (TPSA) is 55.8 Å². The van der Waals surface area contributed by atoms with Crippen LogP contribution in [-0.4, -0.2) is 49.7 Å². The first kappa shape index (κ1) is 51.0. The van der Waals surface area contributed by atoms with Gasteiger partial charge < -0.3 is 14.4 Å². The molecule has 0 rings (SSSR count). The van der Waals surface area contributed by atoms with Crippen LogP contribution < -0.4 is 0 Å². The van der Waals surface area contributed by atoms with Crippen LogP contribution in [0.2, 0.25) is 0 Å². The van der Waals surface area contributed by atoms with Gasteiger partial charge in [0.15, 0.2) is 0 Å². The Morgan fingerprint density at radius 3 is 1.49 bits per heavy atom. The van der Waals surface area contributed by atoms with Crippen LogP contribution in [-0.2, 0) is 19.1 Å². The van der Waals surface area contributed by atoms with E-state index in [1.807, 2.05) is 6.08 Å². The van der Waals surface area contributed by atoms with Gasteiger partial charge in [-0.15, -0.1) is 0 Å². The van der Waals surface area contributed by atoms with Crippen molar-refractivity contribution < 1.29 is 19.1 Å². The predicted molar refractivity (Wildman–Crippen MR) is 227 cm³/mol. The zero-order valence-electron chi connectivity index (χ0n) is 35.9. The van der Waals surface area contributed by atoms with Crippen LogP contribution in [0.15, 0.2) is 29.8 Å². The molecule has 0 bridgehead atoms. The third-order valence-corrected chi connectivity index (χ3v) is 10.9. The third kappa shape index (κ3) is 35.4. The summed E-state index contributed by atoms with van der Waals surface area (Å²) in [5, 5.41) is 0. The van der Waals surface area contributed by atoms with E-state index in [-0.39, 0.29) is 17.9 Å². The molecular weight excluding hydrogens is 655 g/mol. The molecule has 5 nitrogen and oxygen atoms in total. The third-order valence-electron chi connectivity index (χ3n) is 10.9. The molecule has 0 saturated heterocycles. The number of ether oxygens (including phenoxy) is 2. The average molecular weight is 742 g/mol. The van der Waals surface area contributed by atoms with Crippen molar-refractivity contribution in [2.24, 2.45) is 17.8 Å². The molecule has 53 heavy (non-hydrogen) atoms.